The first kappa shape index (κ1) is 14.9. The summed E-state index contributed by atoms with van der Waals surface area (Å²) in [6, 6.07) is 5.01. The van der Waals surface area contributed by atoms with Crippen molar-refractivity contribution in [2.24, 2.45) is 0 Å². The zero-order valence-corrected chi connectivity index (χ0v) is 12.1. The summed E-state index contributed by atoms with van der Waals surface area (Å²) in [5.74, 6) is -0.307. The third-order valence-corrected chi connectivity index (χ3v) is 3.77. The highest BCUT2D eigenvalue weighted by Gasteiger charge is 2.28. The van der Waals surface area contributed by atoms with Gasteiger partial charge in [-0.05, 0) is 44.0 Å². The Kier molecular flexibility index (Phi) is 4.73. The van der Waals surface area contributed by atoms with Crippen LogP contribution in [-0.2, 0) is 11.3 Å². The Morgan fingerprint density at radius 2 is 2.30 bits per heavy atom. The lowest BCUT2D eigenvalue weighted by Crippen LogP contribution is -2.48. The van der Waals surface area contributed by atoms with Crippen LogP contribution in [0.15, 0.2) is 18.2 Å². The number of amides is 1. The molecule has 1 aromatic carbocycles. The highest BCUT2D eigenvalue weighted by atomic mass is 19.1. The predicted molar refractivity (Wildman–Crippen MR) is 76.9 cm³/mol. The van der Waals surface area contributed by atoms with Crippen LogP contribution in [0.1, 0.15) is 24.5 Å². The molecule has 5 heteroatoms. The number of benzene rings is 1. The van der Waals surface area contributed by atoms with Crippen molar-refractivity contribution in [2.75, 3.05) is 19.6 Å². The first-order chi connectivity index (χ1) is 9.48. The van der Waals surface area contributed by atoms with Gasteiger partial charge >= 0.3 is 0 Å². The first-order valence-corrected chi connectivity index (χ1v) is 6.96. The molecule has 0 spiro atoms. The zero-order valence-electron chi connectivity index (χ0n) is 12.1. The fourth-order valence-corrected chi connectivity index (χ4v) is 2.27. The van der Waals surface area contributed by atoms with Gasteiger partial charge in [-0.3, -0.25) is 4.79 Å². The Bertz CT molecular complexity index is 484. The van der Waals surface area contributed by atoms with E-state index in [-0.39, 0.29) is 23.8 Å². The lowest BCUT2D eigenvalue weighted by atomic mass is 10.0. The Hall–Kier alpha value is -1.46. The van der Waals surface area contributed by atoms with Gasteiger partial charge < -0.3 is 16.0 Å². The maximum atomic E-state index is 13.4. The summed E-state index contributed by atoms with van der Waals surface area (Å²) < 4.78 is 13.4. The normalized spacial score (nSPS) is 21.9. The van der Waals surface area contributed by atoms with E-state index in [0.717, 1.165) is 25.1 Å². The van der Waals surface area contributed by atoms with E-state index in [4.69, 9.17) is 0 Å². The van der Waals surface area contributed by atoms with Crippen LogP contribution in [-0.4, -0.2) is 31.1 Å². The van der Waals surface area contributed by atoms with E-state index in [0.29, 0.717) is 12.1 Å². The molecule has 1 amide bonds. The Morgan fingerprint density at radius 3 is 2.95 bits per heavy atom. The summed E-state index contributed by atoms with van der Waals surface area (Å²) in [5.41, 5.74) is 1.38. The molecule has 0 aliphatic carbocycles. The summed E-state index contributed by atoms with van der Waals surface area (Å²) in [6.45, 7) is 6.32. The lowest BCUT2D eigenvalue weighted by molar-refractivity contribution is -0.120. The van der Waals surface area contributed by atoms with Crippen LogP contribution in [0.4, 0.5) is 4.39 Å². The number of hydrogen-bond donors (Lipinski definition) is 3. The van der Waals surface area contributed by atoms with E-state index in [1.54, 1.807) is 13.0 Å². The molecular formula is C15H22FN3O. The molecule has 0 radical (unpaired) electrons. The second kappa shape index (κ2) is 6.33. The first-order valence-electron chi connectivity index (χ1n) is 6.96. The number of hydrogen-bond acceptors (Lipinski definition) is 3. The third kappa shape index (κ3) is 4.02. The number of halogens is 1. The van der Waals surface area contributed by atoms with Gasteiger partial charge in [-0.1, -0.05) is 12.1 Å². The minimum atomic E-state index is -0.237. The summed E-state index contributed by atoms with van der Waals surface area (Å²) in [4.78, 5) is 11.8. The fraction of sp³-hybridized carbons (Fsp3) is 0.533. The summed E-state index contributed by atoms with van der Waals surface area (Å²) in [7, 11) is 0. The van der Waals surface area contributed by atoms with Crippen LogP contribution < -0.4 is 16.0 Å². The molecule has 2 rings (SSSR count). The largest absolute Gasteiger partial charge is 0.351 e. The molecule has 1 aliphatic heterocycles. The minimum absolute atomic E-state index is 0.00664. The van der Waals surface area contributed by atoms with Crippen molar-refractivity contribution in [3.05, 3.63) is 35.1 Å². The quantitative estimate of drug-likeness (QED) is 0.756. The Balaban J connectivity index is 1.76. The van der Waals surface area contributed by atoms with Crippen LogP contribution in [0.2, 0.25) is 0 Å². The fourth-order valence-electron chi connectivity index (χ4n) is 2.27. The monoisotopic (exact) mass is 279 g/mol. The van der Waals surface area contributed by atoms with Gasteiger partial charge in [0.25, 0.3) is 0 Å². The lowest BCUT2D eigenvalue weighted by Gasteiger charge is -2.24. The van der Waals surface area contributed by atoms with E-state index in [1.165, 1.54) is 6.07 Å². The molecule has 1 aromatic rings. The van der Waals surface area contributed by atoms with Crippen molar-refractivity contribution in [1.82, 2.24) is 16.0 Å². The molecule has 1 aliphatic rings. The highest BCUT2D eigenvalue weighted by Crippen LogP contribution is 2.12. The second-order valence-corrected chi connectivity index (χ2v) is 5.70. The van der Waals surface area contributed by atoms with E-state index in [2.05, 4.69) is 22.9 Å². The average Bonchev–Trinajstić information content (AvgIpc) is 2.85. The summed E-state index contributed by atoms with van der Waals surface area (Å²) >= 11 is 0. The van der Waals surface area contributed by atoms with Crippen molar-refractivity contribution in [3.63, 3.8) is 0 Å². The van der Waals surface area contributed by atoms with Crippen molar-refractivity contribution < 1.29 is 9.18 Å². The topological polar surface area (TPSA) is 53.2 Å². The summed E-state index contributed by atoms with van der Waals surface area (Å²) in [6.07, 6.45) is 1.02. The van der Waals surface area contributed by atoms with Crippen LogP contribution in [0.25, 0.3) is 0 Å². The number of aryl methyl sites for hydroxylation is 1. The molecule has 4 nitrogen and oxygen atoms in total. The molecule has 1 fully saturated rings. The van der Waals surface area contributed by atoms with Gasteiger partial charge in [0.15, 0.2) is 0 Å². The van der Waals surface area contributed by atoms with Crippen molar-refractivity contribution in [2.45, 2.75) is 32.4 Å². The van der Waals surface area contributed by atoms with Gasteiger partial charge in [-0.15, -0.1) is 0 Å². The SMILES string of the molecule is Cc1ccc(CNC(=O)CNC2(C)CCNC2)cc1F. The van der Waals surface area contributed by atoms with E-state index in [9.17, 15) is 9.18 Å². The Morgan fingerprint density at radius 1 is 1.50 bits per heavy atom. The van der Waals surface area contributed by atoms with E-state index in [1.807, 2.05) is 6.07 Å². The Labute approximate surface area is 119 Å². The number of rotatable bonds is 5. The van der Waals surface area contributed by atoms with Gasteiger partial charge in [0.05, 0.1) is 6.54 Å². The van der Waals surface area contributed by atoms with E-state index < -0.39 is 0 Å². The van der Waals surface area contributed by atoms with Crippen molar-refractivity contribution in [3.8, 4) is 0 Å². The number of nitrogens with one attached hydrogen (secondary N) is 3. The molecule has 1 unspecified atom stereocenters. The maximum absolute atomic E-state index is 13.4. The molecule has 3 N–H and O–H groups in total. The van der Waals surface area contributed by atoms with Gasteiger partial charge in [0.1, 0.15) is 5.82 Å². The van der Waals surface area contributed by atoms with Gasteiger partial charge in [-0.25, -0.2) is 4.39 Å². The van der Waals surface area contributed by atoms with E-state index >= 15 is 0 Å². The molecule has 1 heterocycles. The van der Waals surface area contributed by atoms with Crippen LogP contribution in [0.5, 0.6) is 0 Å². The predicted octanol–water partition coefficient (Wildman–Crippen LogP) is 1.09. The van der Waals surface area contributed by atoms with Crippen LogP contribution in [0, 0.1) is 12.7 Å². The maximum Gasteiger partial charge on any atom is 0.234 e. The molecule has 1 saturated heterocycles. The smallest absolute Gasteiger partial charge is 0.234 e. The molecule has 110 valence electrons. The molecule has 20 heavy (non-hydrogen) atoms. The molecule has 1 atom stereocenters. The molecule has 0 aromatic heterocycles. The second-order valence-electron chi connectivity index (χ2n) is 5.70. The van der Waals surface area contributed by atoms with Gasteiger partial charge in [0.2, 0.25) is 5.91 Å². The van der Waals surface area contributed by atoms with Crippen LogP contribution in [0.3, 0.4) is 0 Å². The van der Waals surface area contributed by atoms with Crippen molar-refractivity contribution in [1.29, 1.82) is 0 Å². The summed E-state index contributed by atoms with van der Waals surface area (Å²) in [5, 5.41) is 9.33. The van der Waals surface area contributed by atoms with Crippen molar-refractivity contribution >= 4 is 5.91 Å². The highest BCUT2D eigenvalue weighted by molar-refractivity contribution is 5.78. The third-order valence-electron chi connectivity index (χ3n) is 3.77. The number of carbonyl (C=O) groups excluding carboxylic acids is 1. The molecule has 0 bridgehead atoms. The molecule has 0 saturated carbocycles. The average molecular weight is 279 g/mol. The number of carbonyl (C=O) groups is 1. The van der Waals surface area contributed by atoms with Gasteiger partial charge in [-0.2, -0.15) is 0 Å². The molecular weight excluding hydrogens is 257 g/mol. The van der Waals surface area contributed by atoms with Gasteiger partial charge in [0, 0.05) is 18.6 Å². The zero-order chi connectivity index (χ0) is 14.6. The van der Waals surface area contributed by atoms with Crippen LogP contribution >= 0.6 is 0 Å². The minimum Gasteiger partial charge on any atom is -0.351 e. The standard InChI is InChI=1S/C15H22FN3O/c1-11-3-4-12(7-13(11)16)8-18-14(20)9-19-15(2)5-6-17-10-15/h3-4,7,17,19H,5-6,8-10H2,1-2H3,(H,18,20).